The average Bonchev–Trinajstić information content (AvgIpc) is 3.08. The molecule has 0 bridgehead atoms. The van der Waals surface area contributed by atoms with Crippen molar-refractivity contribution in [3.8, 4) is 0 Å². The monoisotopic (exact) mass is 321 g/mol. The fourth-order valence-corrected chi connectivity index (χ4v) is 2.69. The highest BCUT2D eigenvalue weighted by Gasteiger charge is 2.21. The van der Waals surface area contributed by atoms with Crippen LogP contribution in [0.5, 0.6) is 0 Å². The highest BCUT2D eigenvalue weighted by atomic mass is 32.1. The molecule has 2 heterocycles. The van der Waals surface area contributed by atoms with E-state index in [4.69, 9.17) is 4.52 Å². The normalized spacial score (nSPS) is 10.7. The zero-order valence-electron chi connectivity index (χ0n) is 12.8. The van der Waals surface area contributed by atoms with Crippen LogP contribution in [0.4, 0.5) is 5.82 Å². The molecule has 0 fully saturated rings. The van der Waals surface area contributed by atoms with Crippen LogP contribution in [-0.4, -0.2) is 35.0 Å². The fraction of sp³-hybridized carbons (Fsp3) is 0.400. The summed E-state index contributed by atoms with van der Waals surface area (Å²) in [7, 11) is 0. The molecule has 1 N–H and O–H groups in total. The van der Waals surface area contributed by atoms with Crippen LogP contribution in [0.1, 0.15) is 29.3 Å². The molecule has 2 amide bonds. The number of aryl methyl sites for hydroxylation is 1. The standard InChI is InChI=1S/C15H19N3O3S/c1-10(2)8-18(15(20)12-5-4-6-22-12)9-14(19)16-13-7-11(3)21-17-13/h4-7,10H,8-9H2,1-3H3,(H,16,17,19). The lowest BCUT2D eigenvalue weighted by atomic mass is 10.2. The Bertz CT molecular complexity index is 634. The summed E-state index contributed by atoms with van der Waals surface area (Å²) in [5, 5.41) is 8.19. The minimum atomic E-state index is -0.293. The second-order valence-electron chi connectivity index (χ2n) is 5.43. The number of amides is 2. The number of carbonyl (C=O) groups is 2. The highest BCUT2D eigenvalue weighted by Crippen LogP contribution is 2.14. The average molecular weight is 321 g/mol. The van der Waals surface area contributed by atoms with E-state index in [2.05, 4.69) is 10.5 Å². The molecule has 0 saturated carbocycles. The number of hydrogen-bond acceptors (Lipinski definition) is 5. The van der Waals surface area contributed by atoms with E-state index in [1.54, 1.807) is 24.0 Å². The van der Waals surface area contributed by atoms with Gasteiger partial charge in [0.2, 0.25) is 5.91 Å². The van der Waals surface area contributed by atoms with E-state index in [0.717, 1.165) is 0 Å². The zero-order valence-corrected chi connectivity index (χ0v) is 13.6. The first kappa shape index (κ1) is 16.2. The number of hydrogen-bond donors (Lipinski definition) is 1. The Hall–Kier alpha value is -2.15. The van der Waals surface area contributed by atoms with Gasteiger partial charge in [0.25, 0.3) is 5.91 Å². The van der Waals surface area contributed by atoms with E-state index in [1.807, 2.05) is 25.3 Å². The summed E-state index contributed by atoms with van der Waals surface area (Å²) in [4.78, 5) is 26.7. The number of anilines is 1. The van der Waals surface area contributed by atoms with Gasteiger partial charge >= 0.3 is 0 Å². The Balaban J connectivity index is 2.02. The molecule has 6 nitrogen and oxygen atoms in total. The molecule has 2 rings (SSSR count). The first-order chi connectivity index (χ1) is 10.5. The molecule has 0 saturated heterocycles. The number of rotatable bonds is 6. The van der Waals surface area contributed by atoms with Gasteiger partial charge in [0.05, 0.1) is 4.88 Å². The van der Waals surface area contributed by atoms with Gasteiger partial charge in [-0.1, -0.05) is 25.1 Å². The Kier molecular flexibility index (Phi) is 5.32. The van der Waals surface area contributed by atoms with Gasteiger partial charge in [0.1, 0.15) is 12.3 Å². The smallest absolute Gasteiger partial charge is 0.264 e. The van der Waals surface area contributed by atoms with Crippen LogP contribution >= 0.6 is 11.3 Å². The minimum Gasteiger partial charge on any atom is -0.360 e. The maximum Gasteiger partial charge on any atom is 0.264 e. The fourth-order valence-electron chi connectivity index (χ4n) is 2.00. The van der Waals surface area contributed by atoms with E-state index < -0.39 is 0 Å². The molecule has 0 aliphatic carbocycles. The molecular weight excluding hydrogens is 302 g/mol. The van der Waals surface area contributed by atoms with Crippen LogP contribution in [0.25, 0.3) is 0 Å². The molecular formula is C15H19N3O3S. The number of thiophene rings is 1. The van der Waals surface area contributed by atoms with Gasteiger partial charge < -0.3 is 14.7 Å². The number of carbonyl (C=O) groups excluding carboxylic acids is 2. The predicted octanol–water partition coefficient (Wildman–Crippen LogP) is 2.78. The Morgan fingerprint density at radius 2 is 2.23 bits per heavy atom. The molecule has 22 heavy (non-hydrogen) atoms. The van der Waals surface area contributed by atoms with E-state index in [9.17, 15) is 9.59 Å². The SMILES string of the molecule is Cc1cc(NC(=O)CN(CC(C)C)C(=O)c2cccs2)no1. The van der Waals surface area contributed by atoms with Crippen LogP contribution in [-0.2, 0) is 4.79 Å². The van der Waals surface area contributed by atoms with Gasteiger partial charge in [-0.3, -0.25) is 9.59 Å². The van der Waals surface area contributed by atoms with Crippen molar-refractivity contribution in [2.24, 2.45) is 5.92 Å². The number of nitrogens with zero attached hydrogens (tertiary/aromatic N) is 2. The summed E-state index contributed by atoms with van der Waals surface area (Å²) < 4.78 is 4.90. The summed E-state index contributed by atoms with van der Waals surface area (Å²) in [6, 6.07) is 5.22. The van der Waals surface area contributed by atoms with Crippen molar-refractivity contribution in [3.63, 3.8) is 0 Å². The Labute approximate surface area is 133 Å². The summed E-state index contributed by atoms with van der Waals surface area (Å²) in [6.07, 6.45) is 0. The van der Waals surface area contributed by atoms with Crippen molar-refractivity contribution in [2.75, 3.05) is 18.4 Å². The molecule has 0 aliphatic rings. The third kappa shape index (κ3) is 4.42. The largest absolute Gasteiger partial charge is 0.360 e. The molecule has 0 spiro atoms. The van der Waals surface area contributed by atoms with Gasteiger partial charge in [-0.05, 0) is 24.3 Å². The highest BCUT2D eigenvalue weighted by molar-refractivity contribution is 7.12. The number of aromatic nitrogens is 1. The first-order valence-corrected chi connectivity index (χ1v) is 7.89. The van der Waals surface area contributed by atoms with Gasteiger partial charge in [0.15, 0.2) is 5.82 Å². The minimum absolute atomic E-state index is 0.0131. The first-order valence-electron chi connectivity index (χ1n) is 7.01. The second-order valence-corrected chi connectivity index (χ2v) is 6.38. The van der Waals surface area contributed by atoms with Crippen molar-refractivity contribution in [2.45, 2.75) is 20.8 Å². The molecule has 0 aromatic carbocycles. The van der Waals surface area contributed by atoms with E-state index in [0.29, 0.717) is 23.0 Å². The summed E-state index contributed by atoms with van der Waals surface area (Å²) in [6.45, 7) is 6.26. The second kappa shape index (κ2) is 7.22. The van der Waals surface area contributed by atoms with Crippen LogP contribution in [0.2, 0.25) is 0 Å². The van der Waals surface area contributed by atoms with E-state index in [1.165, 1.54) is 11.3 Å². The molecule has 0 atom stereocenters. The van der Waals surface area contributed by atoms with Crippen molar-refractivity contribution >= 4 is 29.0 Å². The Morgan fingerprint density at radius 3 is 2.77 bits per heavy atom. The van der Waals surface area contributed by atoms with Crippen molar-refractivity contribution in [3.05, 3.63) is 34.2 Å². The van der Waals surface area contributed by atoms with Gasteiger partial charge in [-0.15, -0.1) is 11.3 Å². The maximum atomic E-state index is 12.5. The number of nitrogens with one attached hydrogen (secondary N) is 1. The molecule has 118 valence electrons. The lowest BCUT2D eigenvalue weighted by Crippen LogP contribution is -2.39. The van der Waals surface area contributed by atoms with Gasteiger partial charge in [-0.2, -0.15) is 0 Å². The summed E-state index contributed by atoms with van der Waals surface area (Å²) >= 11 is 1.37. The lowest BCUT2D eigenvalue weighted by molar-refractivity contribution is -0.117. The third-order valence-corrected chi connectivity index (χ3v) is 3.69. The third-order valence-electron chi connectivity index (χ3n) is 2.83. The maximum absolute atomic E-state index is 12.5. The van der Waals surface area contributed by atoms with Crippen molar-refractivity contribution in [1.29, 1.82) is 0 Å². The lowest BCUT2D eigenvalue weighted by Gasteiger charge is -2.23. The molecule has 7 heteroatoms. The Morgan fingerprint density at radius 1 is 1.45 bits per heavy atom. The van der Waals surface area contributed by atoms with Crippen molar-refractivity contribution in [1.82, 2.24) is 10.1 Å². The van der Waals surface area contributed by atoms with Gasteiger partial charge in [0, 0.05) is 12.6 Å². The summed E-state index contributed by atoms with van der Waals surface area (Å²) in [5.41, 5.74) is 0. The van der Waals surface area contributed by atoms with Crippen LogP contribution < -0.4 is 5.32 Å². The predicted molar refractivity (Wildman–Crippen MR) is 84.9 cm³/mol. The molecule has 0 radical (unpaired) electrons. The summed E-state index contributed by atoms with van der Waals surface area (Å²) in [5.74, 6) is 0.819. The zero-order chi connectivity index (χ0) is 16.1. The van der Waals surface area contributed by atoms with Crippen LogP contribution in [0.15, 0.2) is 28.1 Å². The van der Waals surface area contributed by atoms with Crippen LogP contribution in [0.3, 0.4) is 0 Å². The quantitative estimate of drug-likeness (QED) is 0.887. The van der Waals surface area contributed by atoms with E-state index >= 15 is 0 Å². The molecule has 0 aliphatic heterocycles. The molecule has 0 unspecified atom stereocenters. The van der Waals surface area contributed by atoms with E-state index in [-0.39, 0.29) is 24.3 Å². The van der Waals surface area contributed by atoms with Gasteiger partial charge in [-0.25, -0.2) is 0 Å². The van der Waals surface area contributed by atoms with Crippen molar-refractivity contribution < 1.29 is 14.1 Å². The topological polar surface area (TPSA) is 75.4 Å². The molecule has 2 aromatic rings. The van der Waals surface area contributed by atoms with Crippen LogP contribution in [0, 0.1) is 12.8 Å². The molecule has 2 aromatic heterocycles.